The van der Waals surface area contributed by atoms with Gasteiger partial charge in [0.15, 0.2) is 11.5 Å². The van der Waals surface area contributed by atoms with Gasteiger partial charge in [0, 0.05) is 36.0 Å². The highest BCUT2D eigenvalue weighted by atomic mass is 19.4. The molecule has 4 rings (SSSR count). The van der Waals surface area contributed by atoms with Gasteiger partial charge < -0.3 is 30.7 Å². The molecule has 0 spiro atoms. The first-order valence-corrected chi connectivity index (χ1v) is 15.5. The Kier molecular flexibility index (Phi) is 11.5. The van der Waals surface area contributed by atoms with Gasteiger partial charge in [-0.05, 0) is 92.2 Å². The first kappa shape index (κ1) is 34.9. The summed E-state index contributed by atoms with van der Waals surface area (Å²) in [5.74, 6) is -0.933. The molecule has 1 aromatic heterocycles. The lowest BCUT2D eigenvalue weighted by Crippen LogP contribution is -2.42. The number of alkyl halides is 3. The summed E-state index contributed by atoms with van der Waals surface area (Å²) in [6.07, 6.45) is -2.50. The molecule has 0 saturated carbocycles. The van der Waals surface area contributed by atoms with Crippen LogP contribution in [0, 0.1) is 0 Å². The van der Waals surface area contributed by atoms with Gasteiger partial charge in [0.25, 0.3) is 0 Å². The van der Waals surface area contributed by atoms with E-state index in [1.54, 1.807) is 42.6 Å². The monoisotopic (exact) mass is 651 g/mol. The molecule has 2 amide bonds. The molecule has 1 heterocycles. The fourth-order valence-electron chi connectivity index (χ4n) is 5.02. The molecule has 250 valence electrons. The van der Waals surface area contributed by atoms with E-state index in [4.69, 9.17) is 15.2 Å². The predicted molar refractivity (Wildman–Crippen MR) is 177 cm³/mol. The number of carbonyl (C=O) groups is 2. The van der Waals surface area contributed by atoms with Crippen LogP contribution in [-0.4, -0.2) is 42.2 Å². The minimum atomic E-state index is -5.02. The minimum absolute atomic E-state index is 0.000532. The van der Waals surface area contributed by atoms with Crippen molar-refractivity contribution >= 4 is 39.8 Å². The molecule has 4 aromatic rings. The fraction of sp³-hybridized carbons (Fsp3) is 0.343. The second kappa shape index (κ2) is 15.5. The molecule has 0 aliphatic rings. The summed E-state index contributed by atoms with van der Waals surface area (Å²) in [6, 6.07) is 17.8. The summed E-state index contributed by atoms with van der Waals surface area (Å²) >= 11 is 0. The van der Waals surface area contributed by atoms with Gasteiger partial charge in [0.1, 0.15) is 11.9 Å². The van der Waals surface area contributed by atoms with Crippen molar-refractivity contribution in [3.8, 4) is 11.5 Å². The summed E-state index contributed by atoms with van der Waals surface area (Å²) in [7, 11) is 0. The molecule has 4 N–H and O–H groups in total. The van der Waals surface area contributed by atoms with Gasteiger partial charge >= 0.3 is 12.1 Å². The Hall–Kier alpha value is -5.00. The number of fused-ring (bicyclic) bond motifs is 1. The van der Waals surface area contributed by atoms with Crippen molar-refractivity contribution in [1.82, 2.24) is 10.3 Å². The molecule has 1 unspecified atom stereocenters. The molecular weight excluding hydrogens is 611 g/mol. The Morgan fingerprint density at radius 2 is 1.79 bits per heavy atom. The Morgan fingerprint density at radius 3 is 2.49 bits per heavy atom. The van der Waals surface area contributed by atoms with Gasteiger partial charge in [0.2, 0.25) is 5.91 Å². The second-order valence-electron chi connectivity index (χ2n) is 11.2. The number of nitrogens with two attached hydrogens (primary N) is 1. The number of nitrogens with one attached hydrogen (secondary N) is 2. The molecule has 0 bridgehead atoms. The number of amides is 2. The first-order chi connectivity index (χ1) is 22.4. The molecule has 12 heteroatoms. The smallest absolute Gasteiger partial charge is 0.471 e. The Balaban J connectivity index is 1.64. The van der Waals surface area contributed by atoms with E-state index in [0.717, 1.165) is 15.7 Å². The summed E-state index contributed by atoms with van der Waals surface area (Å²) in [6.45, 7) is 7.79. The van der Waals surface area contributed by atoms with Gasteiger partial charge in [-0.2, -0.15) is 13.2 Å². The number of nitrogens with zero attached hydrogens (tertiary/aromatic N) is 2. The normalized spacial score (nSPS) is 12.1. The average Bonchev–Trinajstić information content (AvgIpc) is 3.03. The number of anilines is 3. The maximum Gasteiger partial charge on any atom is 0.471 e. The van der Waals surface area contributed by atoms with E-state index in [0.29, 0.717) is 53.6 Å². The van der Waals surface area contributed by atoms with E-state index in [2.05, 4.69) is 15.6 Å². The quantitative estimate of drug-likeness (QED) is 0.132. The maximum atomic E-state index is 13.9. The lowest BCUT2D eigenvalue weighted by Gasteiger charge is -2.24. The standard InChI is InChI=1S/C35H40F3N5O4/c1-5-7-17-43(34(45)35(36,37)38)27-10-8-9-23(18-27)21-41-33(44)31(25-11-14-29(47-22(3)4)30(20-25)46-6-2)42-26-12-13-28-24(19-26)15-16-40-32(28)39/h8-16,18-20,22,31,42H,5-7,17,21H2,1-4H3,(H2,39,40)(H,41,44). The maximum absolute atomic E-state index is 13.9. The van der Waals surface area contributed by atoms with Crippen LogP contribution in [0.2, 0.25) is 0 Å². The van der Waals surface area contributed by atoms with Crippen LogP contribution in [0.25, 0.3) is 10.8 Å². The van der Waals surface area contributed by atoms with Crippen LogP contribution in [0.3, 0.4) is 0 Å². The van der Waals surface area contributed by atoms with Crippen LogP contribution in [0.1, 0.15) is 57.7 Å². The second-order valence-corrected chi connectivity index (χ2v) is 11.2. The molecule has 0 fully saturated rings. The van der Waals surface area contributed by atoms with Gasteiger partial charge in [-0.3, -0.25) is 9.59 Å². The molecule has 1 atom stereocenters. The third-order valence-corrected chi connectivity index (χ3v) is 7.24. The largest absolute Gasteiger partial charge is 0.490 e. The lowest BCUT2D eigenvalue weighted by atomic mass is 10.0. The third kappa shape index (κ3) is 9.05. The number of hydrogen-bond acceptors (Lipinski definition) is 7. The SMILES string of the molecule is CCCCN(C(=O)C(F)(F)F)c1cccc(CNC(=O)C(Nc2ccc3c(N)nccc3c2)c2ccc(OC(C)C)c(OCC)c2)c1. The number of ether oxygens (including phenoxy) is 2. The van der Waals surface area contributed by atoms with Gasteiger partial charge in [-0.1, -0.05) is 31.5 Å². The van der Waals surface area contributed by atoms with Crippen LogP contribution in [-0.2, 0) is 16.1 Å². The lowest BCUT2D eigenvalue weighted by molar-refractivity contribution is -0.170. The van der Waals surface area contributed by atoms with Crippen molar-refractivity contribution < 1.29 is 32.2 Å². The highest BCUT2D eigenvalue weighted by molar-refractivity contribution is 5.97. The van der Waals surface area contributed by atoms with Crippen LogP contribution < -0.4 is 30.7 Å². The van der Waals surface area contributed by atoms with Crippen molar-refractivity contribution in [3.63, 3.8) is 0 Å². The third-order valence-electron chi connectivity index (χ3n) is 7.24. The summed E-state index contributed by atoms with van der Waals surface area (Å²) in [5.41, 5.74) is 7.89. The van der Waals surface area contributed by atoms with Crippen molar-refractivity contribution in [2.45, 2.75) is 65.4 Å². The molecule has 0 aliphatic heterocycles. The number of halogens is 3. The molecule has 0 saturated heterocycles. The Labute approximate surface area is 272 Å². The van der Waals surface area contributed by atoms with Crippen LogP contribution >= 0.6 is 0 Å². The molecule has 0 radical (unpaired) electrons. The fourth-order valence-corrected chi connectivity index (χ4v) is 5.02. The highest BCUT2D eigenvalue weighted by Crippen LogP contribution is 2.34. The molecule has 47 heavy (non-hydrogen) atoms. The van der Waals surface area contributed by atoms with Crippen molar-refractivity contribution in [3.05, 3.63) is 84.1 Å². The van der Waals surface area contributed by atoms with Crippen LogP contribution in [0.5, 0.6) is 11.5 Å². The van der Waals surface area contributed by atoms with Crippen molar-refractivity contribution in [2.24, 2.45) is 0 Å². The number of nitrogen functional groups attached to an aromatic ring is 1. The number of hydrogen-bond donors (Lipinski definition) is 3. The Morgan fingerprint density at radius 1 is 1.00 bits per heavy atom. The van der Waals surface area contributed by atoms with Gasteiger partial charge in [0.05, 0.1) is 12.7 Å². The number of aromatic nitrogens is 1. The Bertz CT molecular complexity index is 1700. The predicted octanol–water partition coefficient (Wildman–Crippen LogP) is 7.17. The highest BCUT2D eigenvalue weighted by Gasteiger charge is 2.42. The average molecular weight is 652 g/mol. The van der Waals surface area contributed by atoms with Crippen molar-refractivity contribution in [1.29, 1.82) is 0 Å². The van der Waals surface area contributed by atoms with Crippen LogP contribution in [0.15, 0.2) is 72.9 Å². The number of benzene rings is 3. The number of pyridine rings is 1. The molecule has 9 nitrogen and oxygen atoms in total. The minimum Gasteiger partial charge on any atom is -0.490 e. The molecular formula is C35H40F3N5O4. The number of unbranched alkanes of at least 4 members (excludes halogenated alkanes) is 1. The van der Waals surface area contributed by atoms with E-state index < -0.39 is 24.0 Å². The number of carbonyl (C=O) groups excluding carboxylic acids is 2. The zero-order valence-electron chi connectivity index (χ0n) is 26.9. The van der Waals surface area contributed by atoms with E-state index in [1.807, 2.05) is 45.9 Å². The van der Waals surface area contributed by atoms with E-state index in [-0.39, 0.29) is 24.9 Å². The van der Waals surface area contributed by atoms with Crippen molar-refractivity contribution in [2.75, 3.05) is 29.1 Å². The summed E-state index contributed by atoms with van der Waals surface area (Å²) in [4.78, 5) is 31.0. The van der Waals surface area contributed by atoms with E-state index in [9.17, 15) is 22.8 Å². The topological polar surface area (TPSA) is 119 Å². The summed E-state index contributed by atoms with van der Waals surface area (Å²) < 4.78 is 51.9. The van der Waals surface area contributed by atoms with Gasteiger partial charge in [-0.25, -0.2) is 4.98 Å². The zero-order chi connectivity index (χ0) is 34.1. The van der Waals surface area contributed by atoms with Gasteiger partial charge in [-0.15, -0.1) is 0 Å². The molecule has 3 aromatic carbocycles. The van der Waals surface area contributed by atoms with E-state index >= 15 is 0 Å². The summed E-state index contributed by atoms with van der Waals surface area (Å²) in [5, 5.41) is 7.81. The van der Waals surface area contributed by atoms with E-state index in [1.165, 1.54) is 12.1 Å². The first-order valence-electron chi connectivity index (χ1n) is 15.5. The number of rotatable bonds is 14. The molecule has 0 aliphatic carbocycles. The van der Waals surface area contributed by atoms with Crippen LogP contribution in [0.4, 0.5) is 30.4 Å². The zero-order valence-corrected chi connectivity index (χ0v) is 26.9.